The first-order valence-electron chi connectivity index (χ1n) is 7.61. The summed E-state index contributed by atoms with van der Waals surface area (Å²) in [5.41, 5.74) is 1.25. The number of benzene rings is 2. The monoisotopic (exact) mass is 321 g/mol. The van der Waals surface area contributed by atoms with Gasteiger partial charge in [-0.1, -0.05) is 36.4 Å². The van der Waals surface area contributed by atoms with E-state index in [9.17, 15) is 10.1 Å². The van der Waals surface area contributed by atoms with E-state index in [1.54, 1.807) is 55.7 Å². The van der Waals surface area contributed by atoms with Crippen molar-refractivity contribution in [3.63, 3.8) is 0 Å². The highest BCUT2D eigenvalue weighted by atomic mass is 16.5. The molecule has 122 valence electrons. The number of hydrogen-bond donors (Lipinski definition) is 0. The van der Waals surface area contributed by atoms with E-state index in [2.05, 4.69) is 0 Å². The van der Waals surface area contributed by atoms with Crippen LogP contribution in [0.4, 0.5) is 0 Å². The van der Waals surface area contributed by atoms with E-state index in [0.717, 1.165) is 0 Å². The number of allylic oxidation sites excluding steroid dienone is 1. The summed E-state index contributed by atoms with van der Waals surface area (Å²) in [5, 5.41) is 9.32. The standard InChI is InChI=1S/C20H19NO3/c1-14(2)24-18-10-9-15(12-19(18)23-3)11-17(13-21)20(22)16-7-5-4-6-8-16/h4-12,14H,1-3H3/b17-11+. The van der Waals surface area contributed by atoms with Gasteiger partial charge in [-0.25, -0.2) is 0 Å². The smallest absolute Gasteiger partial charge is 0.203 e. The maximum Gasteiger partial charge on any atom is 0.203 e. The van der Waals surface area contributed by atoms with Crippen LogP contribution in [0.15, 0.2) is 54.1 Å². The van der Waals surface area contributed by atoms with Gasteiger partial charge in [0.05, 0.1) is 13.2 Å². The highest BCUT2D eigenvalue weighted by molar-refractivity contribution is 6.14. The van der Waals surface area contributed by atoms with Gasteiger partial charge in [-0.15, -0.1) is 0 Å². The third kappa shape index (κ3) is 4.23. The molecule has 0 N–H and O–H groups in total. The van der Waals surface area contributed by atoms with Crippen LogP contribution in [-0.2, 0) is 0 Å². The highest BCUT2D eigenvalue weighted by Crippen LogP contribution is 2.30. The number of carbonyl (C=O) groups is 1. The number of hydrogen-bond acceptors (Lipinski definition) is 4. The molecule has 0 radical (unpaired) electrons. The summed E-state index contributed by atoms with van der Waals surface area (Å²) in [5.74, 6) is 0.874. The summed E-state index contributed by atoms with van der Waals surface area (Å²) < 4.78 is 11.0. The summed E-state index contributed by atoms with van der Waals surface area (Å²) in [6, 6.07) is 16.0. The maximum absolute atomic E-state index is 12.4. The van der Waals surface area contributed by atoms with E-state index in [-0.39, 0.29) is 17.5 Å². The SMILES string of the molecule is COc1cc(/C=C(\C#N)C(=O)c2ccccc2)ccc1OC(C)C. The van der Waals surface area contributed by atoms with Gasteiger partial charge in [-0.2, -0.15) is 5.26 Å². The number of ether oxygens (including phenoxy) is 2. The summed E-state index contributed by atoms with van der Waals surface area (Å²) in [4.78, 5) is 12.4. The predicted molar refractivity (Wildman–Crippen MR) is 93.1 cm³/mol. The molecule has 0 unspecified atom stereocenters. The number of methoxy groups -OCH3 is 1. The Labute approximate surface area is 141 Å². The molecule has 4 nitrogen and oxygen atoms in total. The van der Waals surface area contributed by atoms with Crippen LogP contribution in [0.1, 0.15) is 29.8 Å². The van der Waals surface area contributed by atoms with Crippen molar-refractivity contribution in [3.05, 3.63) is 65.2 Å². The van der Waals surface area contributed by atoms with Gasteiger partial charge in [0, 0.05) is 5.56 Å². The minimum absolute atomic E-state index is 0.0228. The number of nitrogens with zero attached hydrogens (tertiary/aromatic N) is 1. The molecule has 0 amide bonds. The quantitative estimate of drug-likeness (QED) is 0.453. The van der Waals surface area contributed by atoms with Crippen molar-refractivity contribution in [2.45, 2.75) is 20.0 Å². The molecule has 2 aromatic carbocycles. The van der Waals surface area contributed by atoms with Crippen LogP contribution in [0.5, 0.6) is 11.5 Å². The Morgan fingerprint density at radius 2 is 1.83 bits per heavy atom. The molecule has 0 aliphatic carbocycles. The molecule has 0 fully saturated rings. The second-order valence-electron chi connectivity index (χ2n) is 5.44. The molecule has 0 aromatic heterocycles. The van der Waals surface area contributed by atoms with E-state index in [1.165, 1.54) is 0 Å². The topological polar surface area (TPSA) is 59.3 Å². The first kappa shape index (κ1) is 17.3. The maximum atomic E-state index is 12.4. The Hall–Kier alpha value is -3.06. The Morgan fingerprint density at radius 1 is 1.12 bits per heavy atom. The number of carbonyl (C=O) groups excluding carboxylic acids is 1. The Kier molecular flexibility index (Phi) is 5.75. The zero-order chi connectivity index (χ0) is 17.5. The van der Waals surface area contributed by atoms with E-state index in [4.69, 9.17) is 9.47 Å². The van der Waals surface area contributed by atoms with Gasteiger partial charge in [0.2, 0.25) is 5.78 Å². The lowest BCUT2D eigenvalue weighted by Gasteiger charge is -2.13. The van der Waals surface area contributed by atoms with E-state index in [1.807, 2.05) is 26.0 Å². The molecule has 0 saturated carbocycles. The van der Waals surface area contributed by atoms with Crippen molar-refractivity contribution in [3.8, 4) is 17.6 Å². The van der Waals surface area contributed by atoms with Gasteiger partial charge in [0.1, 0.15) is 11.6 Å². The lowest BCUT2D eigenvalue weighted by Crippen LogP contribution is -2.06. The molecule has 4 heteroatoms. The molecular formula is C20H19NO3. The zero-order valence-electron chi connectivity index (χ0n) is 13.9. The van der Waals surface area contributed by atoms with Gasteiger partial charge in [0.15, 0.2) is 11.5 Å². The van der Waals surface area contributed by atoms with Crippen molar-refractivity contribution >= 4 is 11.9 Å². The number of Topliss-reactive ketones (excluding diaryl/α,β-unsaturated/α-hetero) is 1. The number of nitriles is 1. The molecule has 0 aliphatic heterocycles. The summed E-state index contributed by atoms with van der Waals surface area (Å²) >= 11 is 0. The van der Waals surface area contributed by atoms with Crippen LogP contribution in [0.25, 0.3) is 6.08 Å². The van der Waals surface area contributed by atoms with Gasteiger partial charge < -0.3 is 9.47 Å². The van der Waals surface area contributed by atoms with Crippen LogP contribution < -0.4 is 9.47 Å². The molecule has 24 heavy (non-hydrogen) atoms. The molecule has 0 atom stereocenters. The minimum atomic E-state index is -0.306. The average molecular weight is 321 g/mol. The van der Waals surface area contributed by atoms with Gasteiger partial charge >= 0.3 is 0 Å². The second kappa shape index (κ2) is 7.98. The normalized spacial score (nSPS) is 11.0. The van der Waals surface area contributed by atoms with Gasteiger partial charge in [-0.3, -0.25) is 4.79 Å². The summed E-state index contributed by atoms with van der Waals surface area (Å²) in [6.45, 7) is 3.86. The van der Waals surface area contributed by atoms with Crippen LogP contribution >= 0.6 is 0 Å². The van der Waals surface area contributed by atoms with Crippen molar-refractivity contribution in [1.82, 2.24) is 0 Å². The summed E-state index contributed by atoms with van der Waals surface area (Å²) in [6.07, 6.45) is 1.58. The summed E-state index contributed by atoms with van der Waals surface area (Å²) in [7, 11) is 1.55. The third-order valence-corrected chi connectivity index (χ3v) is 3.26. The number of rotatable bonds is 6. The fraction of sp³-hybridized carbons (Fsp3) is 0.200. The number of ketones is 1. The van der Waals surface area contributed by atoms with Crippen LogP contribution in [0.3, 0.4) is 0 Å². The Morgan fingerprint density at radius 3 is 2.42 bits per heavy atom. The molecule has 2 aromatic rings. The van der Waals surface area contributed by atoms with Crippen molar-refractivity contribution in [1.29, 1.82) is 5.26 Å². The minimum Gasteiger partial charge on any atom is -0.493 e. The largest absolute Gasteiger partial charge is 0.493 e. The molecule has 0 aliphatic rings. The van der Waals surface area contributed by atoms with Crippen molar-refractivity contribution < 1.29 is 14.3 Å². The average Bonchev–Trinajstić information content (AvgIpc) is 2.60. The van der Waals surface area contributed by atoms with Crippen LogP contribution in [0, 0.1) is 11.3 Å². The van der Waals surface area contributed by atoms with Crippen LogP contribution in [0.2, 0.25) is 0 Å². The Bertz CT molecular complexity index is 786. The molecule has 0 spiro atoms. The Balaban J connectivity index is 2.34. The third-order valence-electron chi connectivity index (χ3n) is 3.26. The highest BCUT2D eigenvalue weighted by Gasteiger charge is 2.13. The van der Waals surface area contributed by atoms with Crippen molar-refractivity contribution in [2.75, 3.05) is 7.11 Å². The van der Waals surface area contributed by atoms with E-state index >= 15 is 0 Å². The second-order valence-corrected chi connectivity index (χ2v) is 5.44. The lowest BCUT2D eigenvalue weighted by molar-refractivity contribution is 0.104. The molecule has 2 rings (SSSR count). The molecule has 0 bridgehead atoms. The van der Waals surface area contributed by atoms with Crippen molar-refractivity contribution in [2.24, 2.45) is 0 Å². The zero-order valence-corrected chi connectivity index (χ0v) is 13.9. The van der Waals surface area contributed by atoms with Gasteiger partial charge in [0.25, 0.3) is 0 Å². The van der Waals surface area contributed by atoms with E-state index in [0.29, 0.717) is 22.6 Å². The predicted octanol–water partition coefficient (Wildman–Crippen LogP) is 4.27. The molecular weight excluding hydrogens is 302 g/mol. The first-order valence-corrected chi connectivity index (χ1v) is 7.61. The van der Waals surface area contributed by atoms with E-state index < -0.39 is 0 Å². The fourth-order valence-electron chi connectivity index (χ4n) is 2.19. The first-order chi connectivity index (χ1) is 11.5. The molecule has 0 heterocycles. The van der Waals surface area contributed by atoms with Crippen LogP contribution in [-0.4, -0.2) is 19.0 Å². The fourth-order valence-corrected chi connectivity index (χ4v) is 2.19. The lowest BCUT2D eigenvalue weighted by atomic mass is 10.0. The molecule has 0 saturated heterocycles. The van der Waals surface area contributed by atoms with Gasteiger partial charge in [-0.05, 0) is 37.6 Å².